The van der Waals surface area contributed by atoms with Crippen LogP contribution in [0.3, 0.4) is 0 Å². The zero-order valence-electron chi connectivity index (χ0n) is 18.6. The van der Waals surface area contributed by atoms with Gasteiger partial charge in [-0.2, -0.15) is 5.10 Å². The Balaban J connectivity index is 1.43. The number of benzene rings is 1. The SMILES string of the molecule is Cc1cccc(NC(=O)CN2CCN(CC(=O)Nc3c(C)nn(C)c3C)CC2)c1C. The summed E-state index contributed by atoms with van der Waals surface area (Å²) >= 11 is 0. The molecule has 0 bridgehead atoms. The molecule has 0 atom stereocenters. The van der Waals surface area contributed by atoms with Gasteiger partial charge in [0.05, 0.1) is 30.2 Å². The topological polar surface area (TPSA) is 82.5 Å². The predicted molar refractivity (Wildman–Crippen MR) is 119 cm³/mol. The van der Waals surface area contributed by atoms with Crippen LogP contribution in [0, 0.1) is 27.7 Å². The van der Waals surface area contributed by atoms with Crippen LogP contribution in [0.25, 0.3) is 0 Å². The van der Waals surface area contributed by atoms with Gasteiger partial charge in [0.25, 0.3) is 0 Å². The number of anilines is 2. The summed E-state index contributed by atoms with van der Waals surface area (Å²) in [6.45, 7) is 11.6. The number of carbonyl (C=O) groups excluding carboxylic acids is 2. The Morgan fingerprint density at radius 1 is 0.933 bits per heavy atom. The lowest BCUT2D eigenvalue weighted by Crippen LogP contribution is -2.50. The van der Waals surface area contributed by atoms with E-state index < -0.39 is 0 Å². The monoisotopic (exact) mass is 412 g/mol. The maximum Gasteiger partial charge on any atom is 0.238 e. The van der Waals surface area contributed by atoms with Crippen molar-refractivity contribution in [1.29, 1.82) is 0 Å². The molecule has 1 saturated heterocycles. The second kappa shape index (κ2) is 9.40. The van der Waals surface area contributed by atoms with Gasteiger partial charge >= 0.3 is 0 Å². The van der Waals surface area contributed by atoms with Gasteiger partial charge in [0.1, 0.15) is 0 Å². The molecule has 0 aliphatic carbocycles. The third-order valence-corrected chi connectivity index (χ3v) is 5.85. The fraction of sp³-hybridized carbons (Fsp3) is 0.500. The molecule has 2 heterocycles. The van der Waals surface area contributed by atoms with Gasteiger partial charge in [-0.15, -0.1) is 0 Å². The van der Waals surface area contributed by atoms with E-state index in [1.165, 1.54) is 0 Å². The quantitative estimate of drug-likeness (QED) is 0.757. The van der Waals surface area contributed by atoms with Gasteiger partial charge in [-0.1, -0.05) is 12.1 Å². The van der Waals surface area contributed by atoms with Crippen LogP contribution in [-0.2, 0) is 16.6 Å². The van der Waals surface area contributed by atoms with Crippen LogP contribution >= 0.6 is 0 Å². The van der Waals surface area contributed by atoms with Gasteiger partial charge < -0.3 is 10.6 Å². The van der Waals surface area contributed by atoms with E-state index in [-0.39, 0.29) is 11.8 Å². The van der Waals surface area contributed by atoms with Crippen LogP contribution in [0.5, 0.6) is 0 Å². The molecular weight excluding hydrogens is 380 g/mol. The first-order valence-electron chi connectivity index (χ1n) is 10.4. The Kier molecular flexibility index (Phi) is 6.89. The van der Waals surface area contributed by atoms with E-state index in [1.807, 2.05) is 52.9 Å². The Bertz CT molecular complexity index is 928. The van der Waals surface area contributed by atoms with Crippen molar-refractivity contribution in [2.24, 2.45) is 7.05 Å². The van der Waals surface area contributed by atoms with Gasteiger partial charge in [0, 0.05) is 38.9 Å². The molecule has 1 aromatic heterocycles. The average Bonchev–Trinajstić information content (AvgIpc) is 2.93. The summed E-state index contributed by atoms with van der Waals surface area (Å²) in [7, 11) is 1.87. The maximum absolute atomic E-state index is 12.4. The van der Waals surface area contributed by atoms with Crippen LogP contribution in [0.4, 0.5) is 11.4 Å². The van der Waals surface area contributed by atoms with Gasteiger partial charge in [0.2, 0.25) is 11.8 Å². The van der Waals surface area contributed by atoms with Crippen molar-refractivity contribution < 1.29 is 9.59 Å². The first-order valence-corrected chi connectivity index (χ1v) is 10.4. The molecule has 2 aromatic rings. The van der Waals surface area contributed by atoms with Crippen LogP contribution < -0.4 is 10.6 Å². The number of carbonyl (C=O) groups is 2. The predicted octanol–water partition coefficient (Wildman–Crippen LogP) is 1.85. The molecule has 1 aliphatic heterocycles. The number of amides is 2. The maximum atomic E-state index is 12.4. The molecule has 2 amide bonds. The highest BCUT2D eigenvalue weighted by atomic mass is 16.2. The van der Waals surface area contributed by atoms with E-state index in [4.69, 9.17) is 0 Å². The highest BCUT2D eigenvalue weighted by molar-refractivity contribution is 5.94. The normalized spacial score (nSPS) is 15.2. The smallest absolute Gasteiger partial charge is 0.238 e. The summed E-state index contributed by atoms with van der Waals surface area (Å²) in [5.41, 5.74) is 5.70. The standard InChI is InChI=1S/C22H32N6O2/c1-15-7-6-8-19(16(15)2)23-20(29)13-27-9-11-28(12-10-27)14-21(30)24-22-17(3)25-26(5)18(22)4/h6-8H,9-14H2,1-5H3,(H,23,29)(H,24,30). The highest BCUT2D eigenvalue weighted by Gasteiger charge is 2.22. The van der Waals surface area contributed by atoms with E-state index in [0.717, 1.165) is 60.1 Å². The van der Waals surface area contributed by atoms with Crippen molar-refractivity contribution in [3.05, 3.63) is 40.7 Å². The lowest BCUT2D eigenvalue weighted by molar-refractivity contribution is -0.120. The Morgan fingerprint density at radius 2 is 1.50 bits per heavy atom. The molecule has 30 heavy (non-hydrogen) atoms. The number of nitrogens with one attached hydrogen (secondary N) is 2. The van der Waals surface area contributed by atoms with E-state index in [2.05, 4.69) is 25.5 Å². The van der Waals surface area contributed by atoms with Crippen LogP contribution in [-0.4, -0.2) is 70.7 Å². The second-order valence-corrected chi connectivity index (χ2v) is 8.07. The average molecular weight is 413 g/mol. The molecule has 2 N–H and O–H groups in total. The lowest BCUT2D eigenvalue weighted by Gasteiger charge is -2.33. The van der Waals surface area contributed by atoms with Crippen molar-refractivity contribution >= 4 is 23.2 Å². The van der Waals surface area contributed by atoms with Crippen molar-refractivity contribution in [3.8, 4) is 0 Å². The summed E-state index contributed by atoms with van der Waals surface area (Å²) < 4.78 is 1.77. The molecule has 1 fully saturated rings. The molecule has 3 rings (SSSR count). The minimum absolute atomic E-state index is 0.00239. The zero-order valence-corrected chi connectivity index (χ0v) is 18.6. The van der Waals surface area contributed by atoms with Crippen LogP contribution in [0.15, 0.2) is 18.2 Å². The van der Waals surface area contributed by atoms with Crippen LogP contribution in [0.2, 0.25) is 0 Å². The van der Waals surface area contributed by atoms with Gasteiger partial charge in [0.15, 0.2) is 0 Å². The Labute approximate surface area is 178 Å². The molecule has 0 unspecified atom stereocenters. The van der Waals surface area contributed by atoms with Crippen molar-refractivity contribution in [2.75, 3.05) is 49.9 Å². The number of nitrogens with zero attached hydrogens (tertiary/aromatic N) is 4. The molecule has 8 heteroatoms. The molecule has 1 aromatic carbocycles. The summed E-state index contributed by atoms with van der Waals surface area (Å²) in [6, 6.07) is 5.93. The first kappa shape index (κ1) is 22.0. The van der Waals surface area contributed by atoms with E-state index >= 15 is 0 Å². The molecule has 162 valence electrons. The number of aromatic nitrogens is 2. The molecule has 0 radical (unpaired) electrons. The Hall–Kier alpha value is -2.71. The molecule has 8 nitrogen and oxygen atoms in total. The molecule has 1 aliphatic rings. The minimum atomic E-state index is -0.0321. The summed E-state index contributed by atoms with van der Waals surface area (Å²) in [6.07, 6.45) is 0. The summed E-state index contributed by atoms with van der Waals surface area (Å²) in [4.78, 5) is 29.1. The number of piperazine rings is 1. The van der Waals surface area contributed by atoms with Gasteiger partial charge in [-0.25, -0.2) is 0 Å². The van der Waals surface area contributed by atoms with Crippen molar-refractivity contribution in [2.45, 2.75) is 27.7 Å². The first-order chi connectivity index (χ1) is 14.2. The van der Waals surface area contributed by atoms with Crippen molar-refractivity contribution in [1.82, 2.24) is 19.6 Å². The third-order valence-electron chi connectivity index (χ3n) is 5.85. The van der Waals surface area contributed by atoms with E-state index in [1.54, 1.807) is 4.68 Å². The Morgan fingerprint density at radius 3 is 2.03 bits per heavy atom. The number of hydrogen-bond acceptors (Lipinski definition) is 5. The fourth-order valence-electron chi connectivity index (χ4n) is 3.72. The van der Waals surface area contributed by atoms with E-state index in [0.29, 0.717) is 13.1 Å². The van der Waals surface area contributed by atoms with E-state index in [9.17, 15) is 9.59 Å². The number of rotatable bonds is 6. The molecule has 0 spiro atoms. The number of aryl methyl sites for hydroxylation is 3. The van der Waals surface area contributed by atoms with Gasteiger partial charge in [-0.3, -0.25) is 24.1 Å². The summed E-state index contributed by atoms with van der Waals surface area (Å²) in [5.74, 6) is -0.0345. The second-order valence-electron chi connectivity index (χ2n) is 8.07. The fourth-order valence-corrected chi connectivity index (χ4v) is 3.72. The molecule has 0 saturated carbocycles. The minimum Gasteiger partial charge on any atom is -0.325 e. The molecular formula is C22H32N6O2. The van der Waals surface area contributed by atoms with Gasteiger partial charge in [-0.05, 0) is 44.9 Å². The number of hydrogen-bond donors (Lipinski definition) is 2. The lowest BCUT2D eigenvalue weighted by atomic mass is 10.1. The third kappa shape index (κ3) is 5.25. The zero-order chi connectivity index (χ0) is 21.8. The highest BCUT2D eigenvalue weighted by Crippen LogP contribution is 2.19. The largest absolute Gasteiger partial charge is 0.325 e. The van der Waals surface area contributed by atoms with Crippen LogP contribution in [0.1, 0.15) is 22.5 Å². The van der Waals surface area contributed by atoms with Crippen molar-refractivity contribution in [3.63, 3.8) is 0 Å². The summed E-state index contributed by atoms with van der Waals surface area (Å²) in [5, 5.41) is 10.3.